The first-order chi connectivity index (χ1) is 12.4. The summed E-state index contributed by atoms with van der Waals surface area (Å²) in [5.41, 5.74) is 1.07. The minimum absolute atomic E-state index is 0.332. The van der Waals surface area contributed by atoms with Gasteiger partial charge in [-0.3, -0.25) is 0 Å². The van der Waals surface area contributed by atoms with Crippen LogP contribution in [-0.2, 0) is 4.74 Å². The lowest BCUT2D eigenvalue weighted by Crippen LogP contribution is -2.36. The molecular formula is C21H27N3O2. The Bertz CT molecular complexity index is 718. The Morgan fingerprint density at radius 2 is 1.88 bits per heavy atom. The number of carbonyl (C=O) groups is 1. The van der Waals surface area contributed by atoms with Crippen LogP contribution in [-0.4, -0.2) is 31.3 Å². The van der Waals surface area contributed by atoms with Crippen LogP contribution in [0, 0.1) is 17.2 Å². The number of nitriles is 1. The van der Waals surface area contributed by atoms with Crippen molar-refractivity contribution in [1.82, 2.24) is 5.32 Å². The van der Waals surface area contributed by atoms with E-state index in [1.807, 2.05) is 69.3 Å². The Hall–Kier alpha value is -2.74. The maximum atomic E-state index is 11.8. The summed E-state index contributed by atoms with van der Waals surface area (Å²) in [5.74, 6) is 0.332. The molecule has 1 saturated heterocycles. The number of hydrogen-bond donors (Lipinski definition) is 1. The average Bonchev–Trinajstić information content (AvgIpc) is 3.04. The first-order valence-electron chi connectivity index (χ1n) is 8.93. The number of ether oxygens (including phenoxy) is 1. The Morgan fingerprint density at radius 1 is 1.23 bits per heavy atom. The molecule has 0 aliphatic carbocycles. The maximum absolute atomic E-state index is 11.8. The Kier molecular flexibility index (Phi) is 6.85. The van der Waals surface area contributed by atoms with E-state index in [0.717, 1.165) is 25.2 Å². The van der Waals surface area contributed by atoms with Crippen molar-refractivity contribution in [2.75, 3.05) is 24.5 Å². The number of alkyl carbamates (subject to hydrolysis) is 1. The number of nitrogens with one attached hydrogen (secondary N) is 1. The monoisotopic (exact) mass is 353 g/mol. The van der Waals surface area contributed by atoms with E-state index < -0.39 is 5.60 Å². The maximum Gasteiger partial charge on any atom is 0.407 e. The predicted octanol–water partition coefficient (Wildman–Crippen LogP) is 4.03. The van der Waals surface area contributed by atoms with Gasteiger partial charge in [-0.2, -0.15) is 5.26 Å². The molecule has 1 aliphatic rings. The molecule has 138 valence electrons. The topological polar surface area (TPSA) is 65.4 Å². The van der Waals surface area contributed by atoms with Crippen molar-refractivity contribution < 1.29 is 9.53 Å². The third-order valence-corrected chi connectivity index (χ3v) is 4.03. The average molecular weight is 353 g/mol. The van der Waals surface area contributed by atoms with Crippen LogP contribution in [0.3, 0.4) is 0 Å². The highest BCUT2D eigenvalue weighted by Gasteiger charge is 2.25. The normalized spacial score (nSPS) is 16.4. The van der Waals surface area contributed by atoms with Crippen LogP contribution in [0.15, 0.2) is 48.5 Å². The van der Waals surface area contributed by atoms with E-state index >= 15 is 0 Å². The van der Waals surface area contributed by atoms with Crippen LogP contribution < -0.4 is 10.2 Å². The molecule has 1 amide bonds. The van der Waals surface area contributed by atoms with E-state index in [1.165, 1.54) is 0 Å². The first kappa shape index (κ1) is 19.6. The van der Waals surface area contributed by atoms with Gasteiger partial charge in [0.05, 0.1) is 11.3 Å². The molecule has 1 aromatic carbocycles. The first-order valence-corrected chi connectivity index (χ1v) is 8.93. The molecule has 1 aromatic rings. The lowest BCUT2D eigenvalue weighted by atomic mass is 10.1. The number of hydrogen-bond acceptors (Lipinski definition) is 4. The van der Waals surface area contributed by atoms with E-state index in [2.05, 4.69) is 16.3 Å². The van der Waals surface area contributed by atoms with Crippen molar-refractivity contribution >= 4 is 11.8 Å². The molecule has 0 spiro atoms. The van der Waals surface area contributed by atoms with Gasteiger partial charge in [-0.25, -0.2) is 4.79 Å². The van der Waals surface area contributed by atoms with Crippen molar-refractivity contribution in [2.24, 2.45) is 5.92 Å². The number of rotatable bonds is 3. The molecule has 5 heteroatoms. The summed E-state index contributed by atoms with van der Waals surface area (Å²) < 4.78 is 5.28. The van der Waals surface area contributed by atoms with Gasteiger partial charge in [-0.15, -0.1) is 0 Å². The summed E-state index contributed by atoms with van der Waals surface area (Å²) in [6, 6.07) is 17.6. The number of carbonyl (C=O) groups excluding carboxylic acids is 1. The van der Waals surface area contributed by atoms with Gasteiger partial charge in [0.1, 0.15) is 11.7 Å². The van der Waals surface area contributed by atoms with Crippen LogP contribution >= 0.6 is 0 Å². The van der Waals surface area contributed by atoms with Crippen molar-refractivity contribution in [3.8, 4) is 6.07 Å². The zero-order valence-electron chi connectivity index (χ0n) is 15.7. The van der Waals surface area contributed by atoms with Gasteiger partial charge in [-0.05, 0) is 45.2 Å². The number of anilines is 1. The van der Waals surface area contributed by atoms with Gasteiger partial charge >= 0.3 is 6.09 Å². The Balaban J connectivity index is 2.05. The SMILES string of the molecule is CC(C)(C)OC(=O)NCC1CCN(c2ccccccccc2C#N)C1. The fourth-order valence-electron chi connectivity index (χ4n) is 2.86. The molecular weight excluding hydrogens is 326 g/mol. The molecule has 1 aliphatic heterocycles. The molecule has 1 atom stereocenters. The van der Waals surface area contributed by atoms with Crippen LogP contribution in [0.5, 0.6) is 0 Å². The summed E-state index contributed by atoms with van der Waals surface area (Å²) in [4.78, 5) is 14.0. The highest BCUT2D eigenvalue weighted by Crippen LogP contribution is 2.25. The molecule has 0 radical (unpaired) electrons. The second-order valence-corrected chi connectivity index (χ2v) is 7.38. The summed E-state index contributed by atoms with van der Waals surface area (Å²) >= 11 is 0. The van der Waals surface area contributed by atoms with E-state index in [4.69, 9.17) is 4.74 Å². The van der Waals surface area contributed by atoms with Crippen LogP contribution in [0.2, 0.25) is 0 Å². The molecule has 26 heavy (non-hydrogen) atoms. The molecule has 0 saturated carbocycles. The van der Waals surface area contributed by atoms with Crippen LogP contribution in [0.1, 0.15) is 32.8 Å². The van der Waals surface area contributed by atoms with E-state index in [-0.39, 0.29) is 6.09 Å². The van der Waals surface area contributed by atoms with Crippen molar-refractivity contribution in [3.05, 3.63) is 54.1 Å². The van der Waals surface area contributed by atoms with Gasteiger partial charge in [0.15, 0.2) is 0 Å². The van der Waals surface area contributed by atoms with Crippen molar-refractivity contribution in [3.63, 3.8) is 0 Å². The van der Waals surface area contributed by atoms with Crippen LogP contribution in [0.25, 0.3) is 0 Å². The molecule has 1 N–H and O–H groups in total. The zero-order chi connectivity index (χ0) is 19.0. The van der Waals surface area contributed by atoms with Gasteiger partial charge in [0.25, 0.3) is 0 Å². The van der Waals surface area contributed by atoms with E-state index in [9.17, 15) is 10.1 Å². The Morgan fingerprint density at radius 3 is 2.54 bits per heavy atom. The fourth-order valence-corrected chi connectivity index (χ4v) is 2.86. The molecule has 0 bridgehead atoms. The summed E-state index contributed by atoms with van der Waals surface area (Å²) in [6.45, 7) is 7.78. The number of nitrogens with zero attached hydrogens (tertiary/aromatic N) is 2. The standard InChI is InChI=1S/C21H27N3O2/c1-21(2,3)26-20(25)23-15-17-12-13-24(16-17)19-11-9-7-5-4-6-8-10-18(19)14-22/h4-11,17H,12-13,15-16H2,1-3H3,(H,23,25). The summed E-state index contributed by atoms with van der Waals surface area (Å²) in [7, 11) is 0. The van der Waals surface area contributed by atoms with E-state index in [1.54, 1.807) is 0 Å². The highest BCUT2D eigenvalue weighted by atomic mass is 16.6. The largest absolute Gasteiger partial charge is 0.444 e. The fraction of sp³-hybridized carbons (Fsp3) is 0.429. The molecule has 0 aromatic heterocycles. The molecule has 1 heterocycles. The van der Waals surface area contributed by atoms with Gasteiger partial charge in [-0.1, -0.05) is 36.4 Å². The van der Waals surface area contributed by atoms with Crippen molar-refractivity contribution in [2.45, 2.75) is 32.8 Å². The smallest absolute Gasteiger partial charge is 0.407 e. The predicted molar refractivity (Wildman–Crippen MR) is 103 cm³/mol. The van der Waals surface area contributed by atoms with Crippen LogP contribution in [0.4, 0.5) is 10.5 Å². The lowest BCUT2D eigenvalue weighted by molar-refractivity contribution is 0.0520. The third-order valence-electron chi connectivity index (χ3n) is 4.03. The minimum Gasteiger partial charge on any atom is -0.444 e. The van der Waals surface area contributed by atoms with Crippen molar-refractivity contribution in [1.29, 1.82) is 5.26 Å². The molecule has 1 unspecified atom stereocenters. The quantitative estimate of drug-likeness (QED) is 0.891. The second-order valence-electron chi connectivity index (χ2n) is 7.38. The second kappa shape index (κ2) is 9.10. The Labute approximate surface area is 155 Å². The lowest BCUT2D eigenvalue weighted by Gasteiger charge is -2.21. The molecule has 1 fully saturated rings. The minimum atomic E-state index is -0.493. The zero-order valence-corrected chi connectivity index (χ0v) is 15.7. The molecule has 2 rings (SSSR count). The van der Waals surface area contributed by atoms with Gasteiger partial charge in [0, 0.05) is 19.6 Å². The van der Waals surface area contributed by atoms with Gasteiger partial charge < -0.3 is 15.0 Å². The molecule has 5 nitrogen and oxygen atoms in total. The summed E-state index contributed by atoms with van der Waals surface area (Å²) in [6.07, 6.45) is 0.581. The summed E-state index contributed by atoms with van der Waals surface area (Å²) in [5, 5.41) is 12.4. The van der Waals surface area contributed by atoms with E-state index in [0.29, 0.717) is 18.0 Å². The highest BCUT2D eigenvalue weighted by molar-refractivity contribution is 5.67. The third kappa shape index (κ3) is 6.29. The van der Waals surface area contributed by atoms with Gasteiger partial charge in [0.2, 0.25) is 0 Å². The number of amides is 1.